The maximum Gasteiger partial charge on any atom is 0.472 e. The lowest BCUT2D eigenvalue weighted by molar-refractivity contribution is -0.161. The number of rotatable bonds is 36. The van der Waals surface area contributed by atoms with Crippen molar-refractivity contribution < 1.29 is 37.6 Å². The monoisotopic (exact) mass is 689 g/mol. The SMILES string of the molecule is CCCCCCCC/C=C/CCCCCC(=O)OC[C@H](COP(=O)(O)OCCN)OC(=O)CCCCCCCCCCCCCCC. The van der Waals surface area contributed by atoms with E-state index in [9.17, 15) is 19.0 Å². The maximum atomic E-state index is 12.5. The number of esters is 2. The Hall–Kier alpha value is -1.25. The molecule has 0 saturated carbocycles. The molecule has 0 aliphatic heterocycles. The minimum atomic E-state index is -4.37. The van der Waals surface area contributed by atoms with Gasteiger partial charge in [0.15, 0.2) is 6.10 Å². The number of allylic oxidation sites excluding steroid dienone is 2. The van der Waals surface area contributed by atoms with E-state index in [1.54, 1.807) is 0 Å². The average Bonchev–Trinajstić information content (AvgIpc) is 3.05. The van der Waals surface area contributed by atoms with Crippen LogP contribution in [0.5, 0.6) is 0 Å². The number of hydrogen-bond acceptors (Lipinski definition) is 8. The zero-order chi connectivity index (χ0) is 34.7. The first-order chi connectivity index (χ1) is 22.8. The van der Waals surface area contributed by atoms with Crippen molar-refractivity contribution in [3.63, 3.8) is 0 Å². The molecule has 1 unspecified atom stereocenters. The van der Waals surface area contributed by atoms with Crippen molar-refractivity contribution in [2.45, 2.75) is 187 Å². The quantitative estimate of drug-likeness (QED) is 0.0285. The molecular weight excluding hydrogens is 617 g/mol. The van der Waals surface area contributed by atoms with Gasteiger partial charge in [0.05, 0.1) is 13.2 Å². The van der Waals surface area contributed by atoms with Crippen molar-refractivity contribution in [3.05, 3.63) is 12.2 Å². The molecule has 10 heteroatoms. The molecule has 47 heavy (non-hydrogen) atoms. The minimum absolute atomic E-state index is 0.0541. The van der Waals surface area contributed by atoms with Crippen molar-refractivity contribution in [2.75, 3.05) is 26.4 Å². The number of phosphoric acid groups is 1. The van der Waals surface area contributed by atoms with Crippen molar-refractivity contribution in [3.8, 4) is 0 Å². The van der Waals surface area contributed by atoms with Gasteiger partial charge in [-0.05, 0) is 38.5 Å². The molecule has 2 atom stereocenters. The summed E-state index contributed by atoms with van der Waals surface area (Å²) in [5.74, 6) is -0.842. The van der Waals surface area contributed by atoms with Gasteiger partial charge in [0.1, 0.15) is 6.61 Å². The van der Waals surface area contributed by atoms with Gasteiger partial charge in [-0.2, -0.15) is 0 Å². The van der Waals surface area contributed by atoms with Crippen LogP contribution in [0.3, 0.4) is 0 Å². The minimum Gasteiger partial charge on any atom is -0.462 e. The summed E-state index contributed by atoms with van der Waals surface area (Å²) >= 11 is 0. The van der Waals surface area contributed by atoms with Gasteiger partial charge in [-0.3, -0.25) is 18.6 Å². The van der Waals surface area contributed by atoms with E-state index in [0.717, 1.165) is 38.5 Å². The Morgan fingerprint density at radius 1 is 0.617 bits per heavy atom. The van der Waals surface area contributed by atoms with Gasteiger partial charge in [0.2, 0.25) is 0 Å². The molecule has 0 spiro atoms. The Morgan fingerprint density at radius 2 is 1.04 bits per heavy atom. The van der Waals surface area contributed by atoms with Crippen molar-refractivity contribution in [1.29, 1.82) is 0 Å². The molecule has 0 radical (unpaired) electrons. The third-order valence-corrected chi connectivity index (χ3v) is 9.14. The third-order valence-electron chi connectivity index (χ3n) is 8.15. The second-order valence-electron chi connectivity index (χ2n) is 12.8. The number of nitrogens with two attached hydrogens (primary N) is 1. The van der Waals surface area contributed by atoms with Crippen LogP contribution >= 0.6 is 7.82 Å². The van der Waals surface area contributed by atoms with Gasteiger partial charge in [-0.15, -0.1) is 0 Å². The molecule has 0 aliphatic rings. The van der Waals surface area contributed by atoms with E-state index in [-0.39, 0.29) is 32.6 Å². The average molecular weight is 690 g/mol. The standard InChI is InChI=1S/C37H72NO8P/c1-3-5-7-9-11-13-15-17-19-21-23-25-27-29-36(39)43-33-35(34-45-47(41,42)44-32-31-38)46-37(40)30-28-26-24-22-20-18-16-14-12-10-8-6-4-2/h17,19,35H,3-16,18,20-34,38H2,1-2H3,(H,41,42)/b19-17+/t35-/m1/s1. The Labute approximate surface area is 288 Å². The highest BCUT2D eigenvalue weighted by molar-refractivity contribution is 7.47. The van der Waals surface area contributed by atoms with Crippen LogP contribution < -0.4 is 5.73 Å². The first kappa shape index (κ1) is 45.8. The molecule has 0 amide bonds. The molecule has 9 nitrogen and oxygen atoms in total. The normalized spacial score (nSPS) is 13.5. The molecule has 0 aliphatic carbocycles. The number of ether oxygens (including phenoxy) is 2. The lowest BCUT2D eigenvalue weighted by atomic mass is 10.0. The third kappa shape index (κ3) is 34.4. The second-order valence-corrected chi connectivity index (χ2v) is 14.3. The van der Waals surface area contributed by atoms with Crippen molar-refractivity contribution in [2.24, 2.45) is 5.73 Å². The summed E-state index contributed by atoms with van der Waals surface area (Å²) in [5.41, 5.74) is 5.33. The van der Waals surface area contributed by atoms with Gasteiger partial charge in [0, 0.05) is 19.4 Å². The highest BCUT2D eigenvalue weighted by Gasteiger charge is 2.25. The summed E-state index contributed by atoms with van der Waals surface area (Å²) in [4.78, 5) is 34.7. The smallest absolute Gasteiger partial charge is 0.462 e. The van der Waals surface area contributed by atoms with Crippen LogP contribution in [-0.4, -0.2) is 49.3 Å². The van der Waals surface area contributed by atoms with E-state index in [0.29, 0.717) is 12.8 Å². The number of phosphoric ester groups is 1. The maximum absolute atomic E-state index is 12.5. The Bertz CT molecular complexity index is 794. The number of carbonyl (C=O) groups excluding carboxylic acids is 2. The number of carbonyl (C=O) groups is 2. The van der Waals surface area contributed by atoms with E-state index in [4.69, 9.17) is 24.3 Å². The second kappa shape index (κ2) is 34.6. The van der Waals surface area contributed by atoms with Crippen LogP contribution in [0.1, 0.15) is 181 Å². The molecule has 278 valence electrons. The Kier molecular flexibility index (Phi) is 33.7. The van der Waals surface area contributed by atoms with Crippen LogP contribution in [0.4, 0.5) is 0 Å². The topological polar surface area (TPSA) is 134 Å². The molecule has 0 fully saturated rings. The van der Waals surface area contributed by atoms with Crippen LogP contribution in [0, 0.1) is 0 Å². The summed E-state index contributed by atoms with van der Waals surface area (Å²) in [6, 6.07) is 0. The number of hydrogen-bond donors (Lipinski definition) is 2. The molecule has 0 aromatic heterocycles. The molecule has 0 rings (SSSR count). The summed E-state index contributed by atoms with van der Waals surface area (Å²) in [6.45, 7) is 3.70. The fourth-order valence-corrected chi connectivity index (χ4v) is 6.04. The first-order valence-corrected chi connectivity index (χ1v) is 20.7. The predicted octanol–water partition coefficient (Wildman–Crippen LogP) is 10.3. The number of unbranched alkanes of at least 4 members (excludes halogenated alkanes) is 21. The van der Waals surface area contributed by atoms with Crippen LogP contribution in [0.15, 0.2) is 12.2 Å². The largest absolute Gasteiger partial charge is 0.472 e. The molecule has 3 N–H and O–H groups in total. The lowest BCUT2D eigenvalue weighted by Crippen LogP contribution is -2.29. The van der Waals surface area contributed by atoms with Gasteiger partial charge >= 0.3 is 19.8 Å². The predicted molar refractivity (Wildman–Crippen MR) is 192 cm³/mol. The van der Waals surface area contributed by atoms with Crippen LogP contribution in [-0.2, 0) is 32.7 Å². The van der Waals surface area contributed by atoms with Crippen LogP contribution in [0.25, 0.3) is 0 Å². The van der Waals surface area contributed by atoms with E-state index < -0.39 is 32.5 Å². The van der Waals surface area contributed by atoms with Crippen LogP contribution in [0.2, 0.25) is 0 Å². The van der Waals surface area contributed by atoms with E-state index >= 15 is 0 Å². The summed E-state index contributed by atoms with van der Waals surface area (Å²) in [5, 5.41) is 0. The van der Waals surface area contributed by atoms with Crippen molar-refractivity contribution in [1.82, 2.24) is 0 Å². The first-order valence-electron chi connectivity index (χ1n) is 19.2. The molecule has 0 aromatic rings. The molecule has 0 bridgehead atoms. The fraction of sp³-hybridized carbons (Fsp3) is 0.892. The summed E-state index contributed by atoms with van der Waals surface area (Å²) in [7, 11) is -4.37. The van der Waals surface area contributed by atoms with Gasteiger partial charge in [0.25, 0.3) is 0 Å². The van der Waals surface area contributed by atoms with Gasteiger partial charge in [-0.1, -0.05) is 142 Å². The lowest BCUT2D eigenvalue weighted by Gasteiger charge is -2.19. The van der Waals surface area contributed by atoms with E-state index in [1.807, 2.05) is 0 Å². The van der Waals surface area contributed by atoms with E-state index in [1.165, 1.54) is 103 Å². The Balaban J connectivity index is 4.23. The highest BCUT2D eigenvalue weighted by Crippen LogP contribution is 2.43. The van der Waals surface area contributed by atoms with E-state index in [2.05, 4.69) is 26.0 Å². The molecule has 0 heterocycles. The van der Waals surface area contributed by atoms with Gasteiger partial charge in [-0.25, -0.2) is 4.57 Å². The zero-order valence-electron chi connectivity index (χ0n) is 30.3. The van der Waals surface area contributed by atoms with Gasteiger partial charge < -0.3 is 20.1 Å². The molecular formula is C37H72NO8P. The Morgan fingerprint density at radius 3 is 1.53 bits per heavy atom. The zero-order valence-corrected chi connectivity index (χ0v) is 31.2. The summed E-state index contributed by atoms with van der Waals surface area (Å²) < 4.78 is 32.6. The fourth-order valence-electron chi connectivity index (χ4n) is 5.28. The molecule has 0 saturated heterocycles. The van der Waals surface area contributed by atoms with Crippen molar-refractivity contribution >= 4 is 19.8 Å². The summed E-state index contributed by atoms with van der Waals surface area (Å²) in [6.07, 6.45) is 32.4. The highest BCUT2D eigenvalue weighted by atomic mass is 31.2. The molecule has 0 aromatic carbocycles.